The first-order valence-corrected chi connectivity index (χ1v) is 10.4. The SMILES string of the molecule is CCCc1ccc([C@H]([NH2+][C@@H](C(=O)NC2CC2)c2ccccc2)C(C)C)cc1. The van der Waals surface area contributed by atoms with E-state index in [1.165, 1.54) is 11.1 Å². The Kier molecular flexibility index (Phi) is 6.68. The minimum Gasteiger partial charge on any atom is -0.348 e. The Morgan fingerprint density at radius 3 is 2.26 bits per heavy atom. The molecule has 0 bridgehead atoms. The Morgan fingerprint density at radius 2 is 1.70 bits per heavy atom. The molecule has 3 heteroatoms. The zero-order valence-electron chi connectivity index (χ0n) is 16.8. The van der Waals surface area contributed by atoms with Crippen LogP contribution in [-0.4, -0.2) is 11.9 Å². The van der Waals surface area contributed by atoms with Crippen molar-refractivity contribution in [3.63, 3.8) is 0 Å². The first kappa shape index (κ1) is 19.6. The van der Waals surface area contributed by atoms with E-state index in [1.807, 2.05) is 18.2 Å². The molecule has 3 nitrogen and oxygen atoms in total. The second-order valence-corrected chi connectivity index (χ2v) is 8.13. The lowest BCUT2D eigenvalue weighted by Gasteiger charge is -2.25. The number of nitrogens with two attached hydrogens (primary N) is 1. The molecular weight excluding hydrogens is 332 g/mol. The molecule has 1 saturated carbocycles. The van der Waals surface area contributed by atoms with E-state index in [9.17, 15) is 4.79 Å². The van der Waals surface area contributed by atoms with E-state index < -0.39 is 0 Å². The van der Waals surface area contributed by atoms with Gasteiger partial charge in [0.1, 0.15) is 6.04 Å². The molecule has 0 radical (unpaired) electrons. The fourth-order valence-electron chi connectivity index (χ4n) is 3.65. The number of amides is 1. The van der Waals surface area contributed by atoms with Gasteiger partial charge in [-0.15, -0.1) is 0 Å². The first-order chi connectivity index (χ1) is 13.1. The van der Waals surface area contributed by atoms with Crippen LogP contribution in [0.25, 0.3) is 0 Å². The molecule has 27 heavy (non-hydrogen) atoms. The van der Waals surface area contributed by atoms with Crippen LogP contribution in [0, 0.1) is 5.92 Å². The summed E-state index contributed by atoms with van der Waals surface area (Å²) in [6.45, 7) is 6.69. The number of carbonyl (C=O) groups excluding carboxylic acids is 1. The lowest BCUT2D eigenvalue weighted by molar-refractivity contribution is -0.728. The Balaban J connectivity index is 1.82. The third-order valence-corrected chi connectivity index (χ3v) is 5.39. The van der Waals surface area contributed by atoms with Gasteiger partial charge >= 0.3 is 0 Å². The summed E-state index contributed by atoms with van der Waals surface area (Å²) < 4.78 is 0. The van der Waals surface area contributed by atoms with Gasteiger partial charge in [0, 0.05) is 23.1 Å². The highest BCUT2D eigenvalue weighted by molar-refractivity contribution is 5.82. The molecule has 2 atom stereocenters. The number of rotatable bonds is 9. The maximum atomic E-state index is 13.0. The van der Waals surface area contributed by atoms with Crippen molar-refractivity contribution < 1.29 is 10.1 Å². The fourth-order valence-corrected chi connectivity index (χ4v) is 3.65. The normalized spacial score (nSPS) is 16.1. The van der Waals surface area contributed by atoms with Gasteiger partial charge in [0.25, 0.3) is 5.91 Å². The summed E-state index contributed by atoms with van der Waals surface area (Å²) in [6, 6.07) is 19.5. The number of hydrogen-bond acceptors (Lipinski definition) is 1. The summed E-state index contributed by atoms with van der Waals surface area (Å²) in [4.78, 5) is 13.0. The van der Waals surface area contributed by atoms with E-state index in [1.54, 1.807) is 0 Å². The minimum absolute atomic E-state index is 0.136. The summed E-state index contributed by atoms with van der Waals surface area (Å²) >= 11 is 0. The Hall–Kier alpha value is -2.13. The van der Waals surface area contributed by atoms with Crippen LogP contribution in [0.4, 0.5) is 0 Å². The lowest BCUT2D eigenvalue weighted by atomic mass is 9.92. The summed E-state index contributed by atoms with van der Waals surface area (Å²) in [5.74, 6) is 0.568. The average Bonchev–Trinajstić information content (AvgIpc) is 3.48. The molecule has 0 aromatic heterocycles. The second-order valence-electron chi connectivity index (χ2n) is 8.13. The van der Waals surface area contributed by atoms with E-state index in [2.05, 4.69) is 67.8 Å². The van der Waals surface area contributed by atoms with Gasteiger partial charge in [0.2, 0.25) is 0 Å². The van der Waals surface area contributed by atoms with Crippen molar-refractivity contribution in [1.29, 1.82) is 0 Å². The van der Waals surface area contributed by atoms with Crippen molar-refractivity contribution in [1.82, 2.24) is 5.32 Å². The predicted molar refractivity (Wildman–Crippen MR) is 110 cm³/mol. The quantitative estimate of drug-likeness (QED) is 0.695. The standard InChI is InChI=1S/C24H32N2O/c1-4-8-18-11-13-20(14-12-18)22(17(2)3)26-23(19-9-6-5-7-10-19)24(27)25-21-15-16-21/h5-7,9-14,17,21-23,26H,4,8,15-16H2,1-3H3,(H,25,27)/p+1/t22-,23-/m1/s1. The van der Waals surface area contributed by atoms with Crippen LogP contribution in [-0.2, 0) is 11.2 Å². The van der Waals surface area contributed by atoms with Gasteiger partial charge in [0.05, 0.1) is 0 Å². The molecule has 0 saturated heterocycles. The predicted octanol–water partition coefficient (Wildman–Crippen LogP) is 3.92. The topological polar surface area (TPSA) is 45.7 Å². The summed E-state index contributed by atoms with van der Waals surface area (Å²) in [6.07, 6.45) is 4.50. The number of benzene rings is 2. The smallest absolute Gasteiger partial charge is 0.283 e. The fraction of sp³-hybridized carbons (Fsp3) is 0.458. The summed E-state index contributed by atoms with van der Waals surface area (Å²) in [5, 5.41) is 5.46. The molecule has 2 aromatic carbocycles. The number of carbonyl (C=O) groups is 1. The third-order valence-electron chi connectivity index (χ3n) is 5.39. The molecule has 1 fully saturated rings. The second kappa shape index (κ2) is 9.18. The highest BCUT2D eigenvalue weighted by atomic mass is 16.2. The third kappa shape index (κ3) is 5.43. The van der Waals surface area contributed by atoms with Crippen LogP contribution >= 0.6 is 0 Å². The first-order valence-electron chi connectivity index (χ1n) is 10.4. The van der Waals surface area contributed by atoms with Crippen LogP contribution in [0.2, 0.25) is 0 Å². The molecular formula is C24H33N2O+. The minimum atomic E-state index is -0.213. The molecule has 3 N–H and O–H groups in total. The molecule has 2 aromatic rings. The van der Waals surface area contributed by atoms with Crippen LogP contribution in [0.15, 0.2) is 54.6 Å². The number of hydrogen-bond donors (Lipinski definition) is 2. The van der Waals surface area contributed by atoms with Crippen LogP contribution in [0.1, 0.15) is 68.8 Å². The average molecular weight is 366 g/mol. The Morgan fingerprint density at radius 1 is 1.04 bits per heavy atom. The van der Waals surface area contributed by atoms with E-state index in [4.69, 9.17) is 0 Å². The molecule has 1 aliphatic rings. The zero-order valence-corrected chi connectivity index (χ0v) is 16.8. The van der Waals surface area contributed by atoms with Gasteiger partial charge in [-0.2, -0.15) is 0 Å². The number of aryl methyl sites for hydroxylation is 1. The lowest BCUT2D eigenvalue weighted by Crippen LogP contribution is -2.89. The van der Waals surface area contributed by atoms with Crippen molar-refractivity contribution in [2.24, 2.45) is 5.92 Å². The molecule has 1 amide bonds. The maximum absolute atomic E-state index is 13.0. The Labute approximate surface area is 163 Å². The molecule has 144 valence electrons. The molecule has 0 heterocycles. The Bertz CT molecular complexity index is 720. The monoisotopic (exact) mass is 365 g/mol. The number of quaternary nitrogens is 1. The molecule has 3 rings (SSSR count). The number of nitrogens with one attached hydrogen (secondary N) is 1. The van der Waals surface area contributed by atoms with Crippen LogP contribution in [0.5, 0.6) is 0 Å². The van der Waals surface area contributed by atoms with E-state index in [-0.39, 0.29) is 18.0 Å². The largest absolute Gasteiger partial charge is 0.348 e. The van der Waals surface area contributed by atoms with Gasteiger partial charge in [-0.25, -0.2) is 0 Å². The molecule has 0 unspecified atom stereocenters. The van der Waals surface area contributed by atoms with Crippen molar-refractivity contribution in [3.05, 3.63) is 71.3 Å². The van der Waals surface area contributed by atoms with Crippen molar-refractivity contribution in [3.8, 4) is 0 Å². The van der Waals surface area contributed by atoms with E-state index in [0.717, 1.165) is 31.2 Å². The summed E-state index contributed by atoms with van der Waals surface area (Å²) in [5.41, 5.74) is 3.75. The molecule has 1 aliphatic carbocycles. The summed E-state index contributed by atoms with van der Waals surface area (Å²) in [7, 11) is 0. The highest BCUT2D eigenvalue weighted by Crippen LogP contribution is 2.23. The van der Waals surface area contributed by atoms with Crippen molar-refractivity contribution in [2.75, 3.05) is 0 Å². The van der Waals surface area contributed by atoms with Gasteiger partial charge in [-0.3, -0.25) is 4.79 Å². The van der Waals surface area contributed by atoms with Gasteiger partial charge < -0.3 is 10.6 Å². The molecule has 0 aliphatic heterocycles. The maximum Gasteiger partial charge on any atom is 0.283 e. The van der Waals surface area contributed by atoms with Gasteiger partial charge in [-0.1, -0.05) is 81.8 Å². The van der Waals surface area contributed by atoms with E-state index in [0.29, 0.717) is 12.0 Å². The van der Waals surface area contributed by atoms with Crippen LogP contribution < -0.4 is 10.6 Å². The van der Waals surface area contributed by atoms with Gasteiger partial charge in [-0.05, 0) is 24.8 Å². The van der Waals surface area contributed by atoms with Crippen molar-refractivity contribution in [2.45, 2.75) is 64.6 Å². The van der Waals surface area contributed by atoms with Crippen molar-refractivity contribution >= 4 is 5.91 Å². The van der Waals surface area contributed by atoms with Gasteiger partial charge in [0.15, 0.2) is 6.04 Å². The van der Waals surface area contributed by atoms with E-state index >= 15 is 0 Å². The zero-order chi connectivity index (χ0) is 19.2. The highest BCUT2D eigenvalue weighted by Gasteiger charge is 2.33. The molecule has 0 spiro atoms. The van der Waals surface area contributed by atoms with Crippen LogP contribution in [0.3, 0.4) is 0 Å².